The van der Waals surface area contributed by atoms with Gasteiger partial charge in [-0.05, 0) is 6.92 Å². The third kappa shape index (κ3) is 4.72. The Labute approximate surface area is 102 Å². The first-order valence-corrected chi connectivity index (χ1v) is 6.79. The summed E-state index contributed by atoms with van der Waals surface area (Å²) in [5, 5.41) is 0.0658. The number of ether oxygens (including phenoxy) is 1. The average molecular weight is 246 g/mol. The second-order valence-corrected chi connectivity index (χ2v) is 5.65. The Kier molecular flexibility index (Phi) is 6.16. The van der Waals surface area contributed by atoms with Gasteiger partial charge >= 0.3 is 0 Å². The van der Waals surface area contributed by atoms with Crippen LogP contribution in [0.4, 0.5) is 0 Å². The Balaban J connectivity index is 2.12. The van der Waals surface area contributed by atoms with Gasteiger partial charge in [0.25, 0.3) is 0 Å². The number of hydrogen-bond acceptors (Lipinski definition) is 4. The van der Waals surface area contributed by atoms with Crippen LogP contribution >= 0.6 is 11.8 Å². The monoisotopic (exact) mass is 246 g/mol. The maximum atomic E-state index is 11.6. The summed E-state index contributed by atoms with van der Waals surface area (Å²) in [5.74, 6) is 1.22. The number of amides is 1. The number of rotatable bonds is 5. The molecule has 1 amide bonds. The van der Waals surface area contributed by atoms with Crippen LogP contribution in [-0.4, -0.2) is 73.7 Å². The lowest BCUT2D eigenvalue weighted by atomic mass is 10.4. The van der Waals surface area contributed by atoms with Gasteiger partial charge in [-0.15, -0.1) is 11.8 Å². The highest BCUT2D eigenvalue weighted by molar-refractivity contribution is 8.00. The summed E-state index contributed by atoms with van der Waals surface area (Å²) >= 11 is 1.73. The first-order valence-electron chi connectivity index (χ1n) is 5.74. The Bertz CT molecular complexity index is 218. The molecule has 1 saturated heterocycles. The van der Waals surface area contributed by atoms with E-state index in [-0.39, 0.29) is 11.2 Å². The molecule has 0 spiro atoms. The van der Waals surface area contributed by atoms with Crippen LogP contribution in [0.3, 0.4) is 0 Å². The van der Waals surface area contributed by atoms with Crippen LogP contribution < -0.4 is 0 Å². The fourth-order valence-electron chi connectivity index (χ4n) is 1.62. The number of carbonyl (C=O) groups excluding carboxylic acids is 1. The van der Waals surface area contributed by atoms with Gasteiger partial charge in [-0.2, -0.15) is 0 Å². The summed E-state index contributed by atoms with van der Waals surface area (Å²) in [5.41, 5.74) is 0. The SMILES string of the molecule is CC(SCCN1CCOCC1)C(=O)N(C)C. The smallest absolute Gasteiger partial charge is 0.234 e. The maximum absolute atomic E-state index is 11.6. The van der Waals surface area contributed by atoms with Crippen molar-refractivity contribution in [3.63, 3.8) is 0 Å². The highest BCUT2D eigenvalue weighted by Crippen LogP contribution is 2.12. The van der Waals surface area contributed by atoms with Crippen molar-refractivity contribution in [1.82, 2.24) is 9.80 Å². The average Bonchev–Trinajstić information content (AvgIpc) is 2.29. The van der Waals surface area contributed by atoms with E-state index in [0.717, 1.165) is 38.6 Å². The molecule has 0 aromatic carbocycles. The van der Waals surface area contributed by atoms with Crippen molar-refractivity contribution in [2.45, 2.75) is 12.2 Å². The molecule has 4 nitrogen and oxygen atoms in total. The highest BCUT2D eigenvalue weighted by atomic mass is 32.2. The molecule has 1 atom stereocenters. The zero-order valence-corrected chi connectivity index (χ0v) is 11.3. The van der Waals surface area contributed by atoms with Crippen LogP contribution in [-0.2, 0) is 9.53 Å². The van der Waals surface area contributed by atoms with Gasteiger partial charge in [0.2, 0.25) is 5.91 Å². The van der Waals surface area contributed by atoms with E-state index >= 15 is 0 Å². The van der Waals surface area contributed by atoms with E-state index in [0.29, 0.717) is 0 Å². The fourth-order valence-corrected chi connectivity index (χ4v) is 2.69. The van der Waals surface area contributed by atoms with Crippen molar-refractivity contribution < 1.29 is 9.53 Å². The lowest BCUT2D eigenvalue weighted by Gasteiger charge is -2.26. The summed E-state index contributed by atoms with van der Waals surface area (Å²) in [6, 6.07) is 0. The normalized spacial score (nSPS) is 19.4. The number of morpholine rings is 1. The molecule has 1 unspecified atom stereocenters. The van der Waals surface area contributed by atoms with E-state index in [4.69, 9.17) is 4.74 Å². The van der Waals surface area contributed by atoms with E-state index in [2.05, 4.69) is 4.90 Å². The van der Waals surface area contributed by atoms with Crippen molar-refractivity contribution in [2.75, 3.05) is 52.7 Å². The minimum absolute atomic E-state index is 0.0658. The third-order valence-electron chi connectivity index (χ3n) is 2.67. The van der Waals surface area contributed by atoms with E-state index in [1.165, 1.54) is 0 Å². The fraction of sp³-hybridized carbons (Fsp3) is 0.909. The molecular formula is C11H22N2O2S. The van der Waals surface area contributed by atoms with Crippen molar-refractivity contribution in [1.29, 1.82) is 0 Å². The van der Waals surface area contributed by atoms with Gasteiger partial charge in [-0.3, -0.25) is 9.69 Å². The highest BCUT2D eigenvalue weighted by Gasteiger charge is 2.16. The molecule has 1 fully saturated rings. The van der Waals surface area contributed by atoms with Gasteiger partial charge in [-0.25, -0.2) is 0 Å². The first-order chi connectivity index (χ1) is 7.61. The van der Waals surface area contributed by atoms with Gasteiger partial charge in [0.05, 0.1) is 18.5 Å². The minimum atomic E-state index is 0.0658. The van der Waals surface area contributed by atoms with E-state index in [1.807, 2.05) is 6.92 Å². The summed E-state index contributed by atoms with van der Waals surface area (Å²) in [4.78, 5) is 15.6. The van der Waals surface area contributed by atoms with Gasteiger partial charge in [0.15, 0.2) is 0 Å². The Morgan fingerprint density at radius 1 is 1.44 bits per heavy atom. The zero-order chi connectivity index (χ0) is 12.0. The van der Waals surface area contributed by atoms with Crippen LogP contribution in [0.25, 0.3) is 0 Å². The largest absolute Gasteiger partial charge is 0.379 e. The van der Waals surface area contributed by atoms with Crippen molar-refractivity contribution in [2.24, 2.45) is 0 Å². The van der Waals surface area contributed by atoms with Crippen LogP contribution in [0.1, 0.15) is 6.92 Å². The quantitative estimate of drug-likeness (QED) is 0.708. The Hall–Kier alpha value is -0.260. The maximum Gasteiger partial charge on any atom is 0.234 e. The molecule has 0 radical (unpaired) electrons. The molecule has 1 rings (SSSR count). The van der Waals surface area contributed by atoms with Crippen LogP contribution in [0.5, 0.6) is 0 Å². The molecule has 0 bridgehead atoms. The Morgan fingerprint density at radius 2 is 2.06 bits per heavy atom. The van der Waals surface area contributed by atoms with Gasteiger partial charge < -0.3 is 9.64 Å². The number of hydrogen-bond donors (Lipinski definition) is 0. The van der Waals surface area contributed by atoms with Gasteiger partial charge in [0.1, 0.15) is 0 Å². The molecule has 16 heavy (non-hydrogen) atoms. The molecular weight excluding hydrogens is 224 g/mol. The summed E-state index contributed by atoms with van der Waals surface area (Å²) in [6.07, 6.45) is 0. The minimum Gasteiger partial charge on any atom is -0.379 e. The van der Waals surface area contributed by atoms with E-state index < -0.39 is 0 Å². The number of carbonyl (C=O) groups is 1. The lowest BCUT2D eigenvalue weighted by molar-refractivity contribution is -0.127. The summed E-state index contributed by atoms with van der Waals surface area (Å²) in [7, 11) is 3.61. The Morgan fingerprint density at radius 3 is 2.62 bits per heavy atom. The predicted octanol–water partition coefficient (Wildman–Crippen LogP) is 0.528. The molecule has 1 aliphatic heterocycles. The van der Waals surface area contributed by atoms with Crippen molar-refractivity contribution in [3.05, 3.63) is 0 Å². The van der Waals surface area contributed by atoms with Crippen molar-refractivity contribution in [3.8, 4) is 0 Å². The number of thioether (sulfide) groups is 1. The zero-order valence-electron chi connectivity index (χ0n) is 10.4. The molecule has 1 heterocycles. The first kappa shape index (κ1) is 13.8. The molecule has 0 aliphatic carbocycles. The topological polar surface area (TPSA) is 32.8 Å². The van der Waals surface area contributed by atoms with E-state index in [9.17, 15) is 4.79 Å². The summed E-state index contributed by atoms with van der Waals surface area (Å²) in [6.45, 7) is 6.77. The standard InChI is InChI=1S/C11H22N2O2S/c1-10(11(14)12(2)3)16-9-6-13-4-7-15-8-5-13/h10H,4-9H2,1-3H3. The van der Waals surface area contributed by atoms with Gasteiger partial charge in [-0.1, -0.05) is 0 Å². The van der Waals surface area contributed by atoms with Gasteiger partial charge in [0, 0.05) is 39.5 Å². The molecule has 5 heteroatoms. The third-order valence-corrected chi connectivity index (χ3v) is 3.79. The van der Waals surface area contributed by atoms with E-state index in [1.54, 1.807) is 30.8 Å². The lowest BCUT2D eigenvalue weighted by Crippen LogP contribution is -2.38. The van der Waals surface area contributed by atoms with Crippen LogP contribution in [0, 0.1) is 0 Å². The number of nitrogens with zero attached hydrogens (tertiary/aromatic N) is 2. The van der Waals surface area contributed by atoms with Crippen molar-refractivity contribution >= 4 is 17.7 Å². The molecule has 0 aromatic heterocycles. The van der Waals surface area contributed by atoms with Crippen LogP contribution in [0.2, 0.25) is 0 Å². The molecule has 94 valence electrons. The second-order valence-electron chi connectivity index (χ2n) is 4.20. The molecule has 0 N–H and O–H groups in total. The summed E-state index contributed by atoms with van der Waals surface area (Å²) < 4.78 is 5.29. The molecule has 0 saturated carbocycles. The second kappa shape index (κ2) is 7.14. The predicted molar refractivity (Wildman–Crippen MR) is 67.9 cm³/mol. The molecule has 1 aliphatic rings. The molecule has 0 aromatic rings. The van der Waals surface area contributed by atoms with Crippen LogP contribution in [0.15, 0.2) is 0 Å².